The van der Waals surface area contributed by atoms with Crippen molar-refractivity contribution in [1.29, 1.82) is 0 Å². The van der Waals surface area contributed by atoms with Crippen molar-refractivity contribution in [3.63, 3.8) is 0 Å². The minimum Gasteiger partial charge on any atom is -0.508 e. The van der Waals surface area contributed by atoms with Crippen LogP contribution in [-0.4, -0.2) is 28.3 Å². The summed E-state index contributed by atoms with van der Waals surface area (Å²) in [5.41, 5.74) is 4.89. The van der Waals surface area contributed by atoms with Crippen molar-refractivity contribution >= 4 is 38.3 Å². The summed E-state index contributed by atoms with van der Waals surface area (Å²) in [6.45, 7) is 1.87. The summed E-state index contributed by atoms with van der Waals surface area (Å²) in [6, 6.07) is 14.4. The van der Waals surface area contributed by atoms with Crippen molar-refractivity contribution in [1.82, 2.24) is 10.4 Å². The number of carbonyl (C=O) groups excluding carboxylic acids is 1. The minimum atomic E-state index is -0.257. The van der Waals surface area contributed by atoms with Gasteiger partial charge in [-0.3, -0.25) is 4.79 Å². The van der Waals surface area contributed by atoms with Gasteiger partial charge >= 0.3 is 0 Å². The van der Waals surface area contributed by atoms with Gasteiger partial charge in [-0.05, 0) is 48.9 Å². The number of anilines is 1. The minimum absolute atomic E-state index is 0.0895. The Hall–Kier alpha value is -2.93. The number of hydrogen-bond donors (Lipinski definition) is 3. The maximum absolute atomic E-state index is 11.9. The average molecular weight is 340 g/mol. The number of aromatic hydroxyl groups is 1. The molecule has 0 aliphatic heterocycles. The smallest absolute Gasteiger partial charge is 0.259 e. The predicted molar refractivity (Wildman–Crippen MR) is 96.6 cm³/mol. The zero-order valence-corrected chi connectivity index (χ0v) is 13.8. The zero-order chi connectivity index (χ0) is 16.9. The molecule has 3 aromatic rings. The van der Waals surface area contributed by atoms with E-state index in [9.17, 15) is 9.90 Å². The molecule has 122 valence electrons. The van der Waals surface area contributed by atoms with Gasteiger partial charge in [-0.1, -0.05) is 23.5 Å². The molecule has 1 amide bonds. The maximum atomic E-state index is 11.9. The lowest BCUT2D eigenvalue weighted by atomic mass is 10.1. The van der Waals surface area contributed by atoms with E-state index in [1.165, 1.54) is 11.3 Å². The van der Waals surface area contributed by atoms with Crippen LogP contribution >= 0.6 is 11.3 Å². The van der Waals surface area contributed by atoms with E-state index in [4.69, 9.17) is 0 Å². The monoisotopic (exact) mass is 340 g/mol. The average Bonchev–Trinajstić information content (AvgIpc) is 3.01. The standard InChI is InChI=1S/C17H16N4O2S/c1-11(12-6-8-13(22)9-7-12)20-21-16(23)10-18-17-19-14-4-2-3-5-15(14)24-17/h2-9,22H,10H2,1H3,(H,18,19)(H,21,23)/b20-11+. The summed E-state index contributed by atoms with van der Waals surface area (Å²) >= 11 is 1.50. The molecule has 1 aromatic heterocycles. The molecular weight excluding hydrogens is 324 g/mol. The summed E-state index contributed by atoms with van der Waals surface area (Å²) in [7, 11) is 0. The van der Waals surface area contributed by atoms with Gasteiger partial charge in [0.1, 0.15) is 5.75 Å². The third kappa shape index (κ3) is 3.88. The number of thiazole rings is 1. The number of para-hydroxylation sites is 1. The number of nitrogens with zero attached hydrogens (tertiary/aromatic N) is 2. The van der Waals surface area contributed by atoms with Gasteiger partial charge in [0, 0.05) is 0 Å². The highest BCUT2D eigenvalue weighted by atomic mass is 32.1. The van der Waals surface area contributed by atoms with Crippen LogP contribution in [0.2, 0.25) is 0 Å². The Kier molecular flexibility index (Phi) is 4.72. The Labute approximate surface area is 142 Å². The molecule has 0 saturated carbocycles. The maximum Gasteiger partial charge on any atom is 0.259 e. The molecule has 6 nitrogen and oxygen atoms in total. The molecular formula is C17H16N4O2S. The van der Waals surface area contributed by atoms with E-state index in [2.05, 4.69) is 20.8 Å². The number of hydrogen-bond acceptors (Lipinski definition) is 6. The Balaban J connectivity index is 1.55. The Morgan fingerprint density at radius 3 is 2.71 bits per heavy atom. The third-order valence-electron chi connectivity index (χ3n) is 3.33. The van der Waals surface area contributed by atoms with Crippen molar-refractivity contribution in [3.8, 4) is 5.75 Å². The van der Waals surface area contributed by atoms with E-state index in [0.717, 1.165) is 15.8 Å². The van der Waals surface area contributed by atoms with Gasteiger partial charge in [-0.25, -0.2) is 10.4 Å². The number of rotatable bonds is 5. The van der Waals surface area contributed by atoms with Crippen LogP contribution in [0.25, 0.3) is 10.2 Å². The van der Waals surface area contributed by atoms with Gasteiger partial charge < -0.3 is 10.4 Å². The van der Waals surface area contributed by atoms with Crippen LogP contribution in [0.4, 0.5) is 5.13 Å². The number of nitrogens with one attached hydrogen (secondary N) is 2. The van der Waals surface area contributed by atoms with Crippen LogP contribution in [-0.2, 0) is 4.79 Å². The van der Waals surface area contributed by atoms with Crippen LogP contribution < -0.4 is 10.7 Å². The van der Waals surface area contributed by atoms with E-state index in [1.807, 2.05) is 24.3 Å². The highest BCUT2D eigenvalue weighted by Gasteiger charge is 2.05. The molecule has 7 heteroatoms. The van der Waals surface area contributed by atoms with Crippen molar-refractivity contribution in [2.24, 2.45) is 5.10 Å². The number of phenols is 1. The SMILES string of the molecule is C/C(=N\NC(=O)CNc1nc2ccccc2s1)c1ccc(O)cc1. The van der Waals surface area contributed by atoms with Gasteiger partial charge in [0.2, 0.25) is 0 Å². The molecule has 0 bridgehead atoms. The molecule has 0 unspecified atom stereocenters. The number of amides is 1. The van der Waals surface area contributed by atoms with Gasteiger partial charge in [0.05, 0.1) is 22.5 Å². The lowest BCUT2D eigenvalue weighted by Gasteiger charge is -2.04. The van der Waals surface area contributed by atoms with Crippen LogP contribution in [0.5, 0.6) is 5.75 Å². The van der Waals surface area contributed by atoms with E-state index in [0.29, 0.717) is 10.8 Å². The summed E-state index contributed by atoms with van der Waals surface area (Å²) in [4.78, 5) is 16.3. The van der Waals surface area contributed by atoms with Gasteiger partial charge in [0.15, 0.2) is 5.13 Å². The molecule has 0 spiro atoms. The molecule has 0 atom stereocenters. The highest BCUT2D eigenvalue weighted by molar-refractivity contribution is 7.22. The molecule has 0 radical (unpaired) electrons. The second-order valence-corrected chi connectivity index (χ2v) is 6.15. The lowest BCUT2D eigenvalue weighted by molar-refractivity contribution is -0.119. The fraction of sp³-hybridized carbons (Fsp3) is 0.118. The first-order valence-electron chi connectivity index (χ1n) is 7.34. The quantitative estimate of drug-likeness (QED) is 0.492. The van der Waals surface area contributed by atoms with Crippen LogP contribution in [0, 0.1) is 0 Å². The first kappa shape index (κ1) is 15.9. The third-order valence-corrected chi connectivity index (χ3v) is 4.32. The molecule has 0 saturated heterocycles. The number of benzene rings is 2. The Morgan fingerprint density at radius 2 is 1.96 bits per heavy atom. The van der Waals surface area contributed by atoms with Crippen LogP contribution in [0.15, 0.2) is 53.6 Å². The van der Waals surface area contributed by atoms with Crippen molar-refractivity contribution < 1.29 is 9.90 Å². The normalized spacial score (nSPS) is 11.5. The topological polar surface area (TPSA) is 86.6 Å². The number of fused-ring (bicyclic) bond motifs is 1. The summed E-state index contributed by atoms with van der Waals surface area (Å²) in [6.07, 6.45) is 0. The van der Waals surface area contributed by atoms with Crippen molar-refractivity contribution in [2.75, 3.05) is 11.9 Å². The second kappa shape index (κ2) is 7.10. The van der Waals surface area contributed by atoms with Crippen molar-refractivity contribution in [2.45, 2.75) is 6.92 Å². The molecule has 3 N–H and O–H groups in total. The summed E-state index contributed by atoms with van der Waals surface area (Å²) in [5.74, 6) is -0.0667. The predicted octanol–water partition coefficient (Wildman–Crippen LogP) is 2.95. The first-order valence-corrected chi connectivity index (χ1v) is 8.15. The largest absolute Gasteiger partial charge is 0.508 e. The van der Waals surface area contributed by atoms with Crippen LogP contribution in [0.1, 0.15) is 12.5 Å². The van der Waals surface area contributed by atoms with E-state index in [-0.39, 0.29) is 18.2 Å². The molecule has 1 heterocycles. The molecule has 0 aliphatic rings. The summed E-state index contributed by atoms with van der Waals surface area (Å²) < 4.78 is 1.07. The zero-order valence-electron chi connectivity index (χ0n) is 13.0. The van der Waals surface area contributed by atoms with E-state index >= 15 is 0 Å². The fourth-order valence-electron chi connectivity index (χ4n) is 2.06. The highest BCUT2D eigenvalue weighted by Crippen LogP contribution is 2.24. The Morgan fingerprint density at radius 1 is 1.21 bits per heavy atom. The lowest BCUT2D eigenvalue weighted by Crippen LogP contribution is -2.26. The van der Waals surface area contributed by atoms with Gasteiger partial charge in [0.25, 0.3) is 5.91 Å². The van der Waals surface area contributed by atoms with E-state index < -0.39 is 0 Å². The second-order valence-electron chi connectivity index (χ2n) is 5.12. The van der Waals surface area contributed by atoms with Gasteiger partial charge in [-0.15, -0.1) is 0 Å². The fourth-order valence-corrected chi connectivity index (χ4v) is 2.92. The first-order chi connectivity index (χ1) is 11.6. The number of phenolic OH excluding ortho intramolecular Hbond substituents is 1. The molecule has 24 heavy (non-hydrogen) atoms. The number of aromatic nitrogens is 1. The number of hydrazone groups is 1. The molecule has 2 aromatic carbocycles. The molecule has 3 rings (SSSR count). The van der Waals surface area contributed by atoms with Gasteiger partial charge in [-0.2, -0.15) is 5.10 Å². The summed E-state index contributed by atoms with van der Waals surface area (Å²) in [5, 5.41) is 17.0. The van der Waals surface area contributed by atoms with E-state index in [1.54, 1.807) is 31.2 Å². The number of carbonyl (C=O) groups is 1. The molecule has 0 aliphatic carbocycles. The van der Waals surface area contributed by atoms with Crippen LogP contribution in [0.3, 0.4) is 0 Å². The Bertz CT molecular complexity index is 854. The van der Waals surface area contributed by atoms with Crippen molar-refractivity contribution in [3.05, 3.63) is 54.1 Å². The molecule has 0 fully saturated rings.